The van der Waals surface area contributed by atoms with E-state index in [-0.39, 0.29) is 8.25 Å². The average molecular weight is 601 g/mol. The molecule has 1 aliphatic carbocycles. The van der Waals surface area contributed by atoms with Crippen LogP contribution in [0.4, 0.5) is 0 Å². The van der Waals surface area contributed by atoms with Crippen LogP contribution in [0.5, 0.6) is 0 Å². The van der Waals surface area contributed by atoms with Gasteiger partial charge in [-0.25, -0.2) is 0 Å². The first-order valence-corrected chi connectivity index (χ1v) is 13.7. The molecule has 2 aromatic rings. The van der Waals surface area contributed by atoms with Crippen LogP contribution in [0.15, 0.2) is 60.7 Å². The van der Waals surface area contributed by atoms with E-state index < -0.39 is 0 Å². The molecule has 0 radical (unpaired) electrons. The fraction of sp³-hybridized carbons (Fsp3) is 0.538. The van der Waals surface area contributed by atoms with Crippen LogP contribution in [0.25, 0.3) is 0 Å². The summed E-state index contributed by atoms with van der Waals surface area (Å²) < 4.78 is 6.50. The molecule has 1 nitrogen and oxygen atoms in total. The molecule has 0 heterocycles. The smallest absolute Gasteiger partial charge is 0.135 e. The van der Waals surface area contributed by atoms with E-state index in [0.29, 0.717) is 5.92 Å². The monoisotopic (exact) mass is 598 g/mol. The lowest BCUT2D eigenvalue weighted by Gasteiger charge is -2.37. The van der Waals surface area contributed by atoms with Gasteiger partial charge < -0.3 is 4.74 Å². The van der Waals surface area contributed by atoms with Crippen LogP contribution < -0.4 is 0 Å². The molecule has 2 atom stereocenters. The average Bonchev–Trinajstić information content (AvgIpc) is 2.76. The van der Waals surface area contributed by atoms with Gasteiger partial charge >= 0.3 is 0 Å². The first-order chi connectivity index (χ1) is 14.5. The fourth-order valence-corrected chi connectivity index (χ4v) is 5.45. The van der Waals surface area contributed by atoms with E-state index in [1.165, 1.54) is 43.2 Å². The number of halogens is 3. The maximum Gasteiger partial charge on any atom is 0.135 e. The molecule has 2 aromatic carbocycles. The second-order valence-electron chi connectivity index (χ2n) is 8.51. The van der Waals surface area contributed by atoms with Crippen molar-refractivity contribution >= 4 is 47.8 Å². The third-order valence-electron chi connectivity index (χ3n) is 6.28. The van der Waals surface area contributed by atoms with E-state index in [1.807, 2.05) is 0 Å². The van der Waals surface area contributed by atoms with Crippen LogP contribution in [-0.2, 0) is 11.2 Å². The summed E-state index contributed by atoms with van der Waals surface area (Å²) in [6.45, 7) is 0.805. The highest BCUT2D eigenvalue weighted by molar-refractivity contribution is 9.39. The molecule has 0 aromatic heterocycles. The Morgan fingerprint density at radius 2 is 1.50 bits per heavy atom. The van der Waals surface area contributed by atoms with E-state index >= 15 is 0 Å². The summed E-state index contributed by atoms with van der Waals surface area (Å²) in [5.41, 5.74) is 2.72. The molecule has 1 aliphatic rings. The Bertz CT molecular complexity index is 708. The van der Waals surface area contributed by atoms with Crippen molar-refractivity contribution in [3.05, 3.63) is 71.8 Å². The molecular weight excluding hydrogens is 568 g/mol. The fourth-order valence-electron chi connectivity index (χ4n) is 4.77. The summed E-state index contributed by atoms with van der Waals surface area (Å²) in [5, 5.41) is 0. The number of rotatable bonds is 10. The number of hydrogen-bond donors (Lipinski definition) is 0. The molecule has 0 saturated heterocycles. The van der Waals surface area contributed by atoms with Gasteiger partial charge in [0.25, 0.3) is 0 Å². The molecule has 3 rings (SSSR count). The maximum absolute atomic E-state index is 6.68. The predicted octanol–water partition coefficient (Wildman–Crippen LogP) is 9.19. The lowest BCUT2D eigenvalue weighted by atomic mass is 9.74. The standard InChI is InChI=1S/C26H33Br3O/c27-26(28,29)19-18-24(22-14-6-2-7-15-22)25(23-16-8-3-9-17-23)30-20-10-13-21-11-4-1-5-12-21/h1,3-5,8-9,11-12,16-17,22,24-25H,2,6-7,10,13-15,18-20H2. The van der Waals surface area contributed by atoms with Crippen LogP contribution in [0.2, 0.25) is 0 Å². The summed E-state index contributed by atoms with van der Waals surface area (Å²) in [6, 6.07) is 21.6. The van der Waals surface area contributed by atoms with Crippen LogP contribution in [0, 0.1) is 11.8 Å². The molecule has 0 aliphatic heterocycles. The van der Waals surface area contributed by atoms with Gasteiger partial charge in [0.15, 0.2) is 0 Å². The van der Waals surface area contributed by atoms with Gasteiger partial charge in [0.05, 0.1) is 6.10 Å². The van der Waals surface area contributed by atoms with Gasteiger partial charge in [-0.05, 0) is 48.6 Å². The van der Waals surface area contributed by atoms with Gasteiger partial charge in [-0.1, -0.05) is 141 Å². The van der Waals surface area contributed by atoms with E-state index in [9.17, 15) is 0 Å². The summed E-state index contributed by atoms with van der Waals surface area (Å²) in [5.74, 6) is 1.28. The molecule has 0 N–H and O–H groups in total. The molecule has 30 heavy (non-hydrogen) atoms. The van der Waals surface area contributed by atoms with Crippen molar-refractivity contribution in [2.45, 2.75) is 66.0 Å². The minimum atomic E-state index is -0.186. The van der Waals surface area contributed by atoms with Crippen LogP contribution in [0.3, 0.4) is 0 Å². The molecular formula is C26H33Br3O. The Balaban J connectivity index is 1.71. The second kappa shape index (κ2) is 12.8. The van der Waals surface area contributed by atoms with Crippen LogP contribution in [0.1, 0.15) is 68.6 Å². The highest BCUT2D eigenvalue weighted by Crippen LogP contribution is 2.46. The van der Waals surface area contributed by atoms with Crippen molar-refractivity contribution in [2.75, 3.05) is 6.61 Å². The van der Waals surface area contributed by atoms with Crippen molar-refractivity contribution in [3.8, 4) is 0 Å². The van der Waals surface area contributed by atoms with Crippen molar-refractivity contribution in [3.63, 3.8) is 0 Å². The lowest BCUT2D eigenvalue weighted by Crippen LogP contribution is -2.27. The minimum absolute atomic E-state index is 0.167. The lowest BCUT2D eigenvalue weighted by molar-refractivity contribution is -0.0206. The SMILES string of the molecule is BrC(Br)(Br)CCC(C1CCCCC1)C(OCCCc1ccccc1)c1ccccc1. The topological polar surface area (TPSA) is 9.23 Å². The van der Waals surface area contributed by atoms with Crippen molar-refractivity contribution in [1.29, 1.82) is 0 Å². The van der Waals surface area contributed by atoms with Crippen molar-refractivity contribution < 1.29 is 4.74 Å². The van der Waals surface area contributed by atoms with Crippen molar-refractivity contribution in [2.24, 2.45) is 11.8 Å². The zero-order chi connectivity index (χ0) is 21.2. The number of alkyl halides is 3. The maximum atomic E-state index is 6.68. The summed E-state index contributed by atoms with van der Waals surface area (Å²) >= 11 is 11.2. The third kappa shape index (κ3) is 8.41. The Hall–Kier alpha value is -0.160. The van der Waals surface area contributed by atoms with Gasteiger partial charge in [-0.15, -0.1) is 0 Å². The quantitative estimate of drug-likeness (QED) is 0.195. The van der Waals surface area contributed by atoms with Crippen molar-refractivity contribution in [1.82, 2.24) is 0 Å². The minimum Gasteiger partial charge on any atom is -0.373 e. The zero-order valence-electron chi connectivity index (χ0n) is 17.6. The summed E-state index contributed by atoms with van der Waals surface area (Å²) in [6.07, 6.45) is 11.2. The molecule has 0 bridgehead atoms. The molecule has 0 amide bonds. The van der Waals surface area contributed by atoms with E-state index in [2.05, 4.69) is 108 Å². The van der Waals surface area contributed by atoms with Gasteiger partial charge in [0.2, 0.25) is 0 Å². The Morgan fingerprint density at radius 1 is 0.867 bits per heavy atom. The highest BCUT2D eigenvalue weighted by atomic mass is 80.0. The predicted molar refractivity (Wildman–Crippen MR) is 139 cm³/mol. The van der Waals surface area contributed by atoms with Gasteiger partial charge in [-0.2, -0.15) is 0 Å². The number of ether oxygens (including phenoxy) is 1. The largest absolute Gasteiger partial charge is 0.373 e. The molecule has 1 fully saturated rings. The zero-order valence-corrected chi connectivity index (χ0v) is 22.4. The van der Waals surface area contributed by atoms with E-state index in [1.54, 1.807) is 0 Å². The van der Waals surface area contributed by atoms with Gasteiger partial charge in [-0.3, -0.25) is 0 Å². The van der Waals surface area contributed by atoms with Gasteiger partial charge in [0, 0.05) is 6.61 Å². The van der Waals surface area contributed by atoms with E-state index in [0.717, 1.165) is 38.2 Å². The second-order valence-corrected chi connectivity index (χ2v) is 15.8. The molecule has 4 heteroatoms. The highest BCUT2D eigenvalue weighted by Gasteiger charge is 2.34. The number of hydrogen-bond acceptors (Lipinski definition) is 1. The Labute approximate surface area is 207 Å². The summed E-state index contributed by atoms with van der Waals surface area (Å²) in [7, 11) is 0. The molecule has 1 saturated carbocycles. The first kappa shape index (κ1) is 24.5. The summed E-state index contributed by atoms with van der Waals surface area (Å²) in [4.78, 5) is 0. The molecule has 2 unspecified atom stereocenters. The van der Waals surface area contributed by atoms with Crippen LogP contribution in [-0.4, -0.2) is 8.75 Å². The van der Waals surface area contributed by atoms with Gasteiger partial charge in [0.1, 0.15) is 2.14 Å². The Morgan fingerprint density at radius 3 is 2.13 bits per heavy atom. The molecule has 164 valence electrons. The molecule has 0 spiro atoms. The Kier molecular flexibility index (Phi) is 10.4. The number of aryl methyl sites for hydroxylation is 1. The number of benzene rings is 2. The first-order valence-electron chi connectivity index (χ1n) is 11.3. The normalized spacial score (nSPS) is 17.6. The van der Waals surface area contributed by atoms with Crippen LogP contribution >= 0.6 is 47.8 Å². The van der Waals surface area contributed by atoms with E-state index in [4.69, 9.17) is 4.74 Å². The third-order valence-corrected chi connectivity index (χ3v) is 7.47.